The lowest BCUT2D eigenvalue weighted by Gasteiger charge is -2.14. The number of pyridine rings is 1. The van der Waals surface area contributed by atoms with E-state index in [9.17, 15) is 22.4 Å². The summed E-state index contributed by atoms with van der Waals surface area (Å²) in [5.41, 5.74) is 0.917. The molecule has 1 N–H and O–H groups in total. The molecule has 5 aromatic rings. The second-order valence-electron chi connectivity index (χ2n) is 7.98. The van der Waals surface area contributed by atoms with Crippen LogP contribution < -0.4 is 5.43 Å². The molecule has 2 aromatic carbocycles. The molecule has 0 saturated heterocycles. The van der Waals surface area contributed by atoms with E-state index >= 15 is 0 Å². The van der Waals surface area contributed by atoms with E-state index in [1.54, 1.807) is 12.1 Å². The normalized spacial score (nSPS) is 12.1. The highest BCUT2D eigenvalue weighted by Crippen LogP contribution is 2.31. The number of rotatable bonds is 2. The summed E-state index contributed by atoms with van der Waals surface area (Å²) in [7, 11) is 0. The average Bonchev–Trinajstić information content (AvgIpc) is 3.18. The molecule has 0 aliphatic rings. The third-order valence-corrected chi connectivity index (χ3v) is 5.92. The molecule has 172 valence electrons. The van der Waals surface area contributed by atoms with Gasteiger partial charge in [-0.1, -0.05) is 11.6 Å². The van der Waals surface area contributed by atoms with Crippen molar-refractivity contribution in [2.75, 3.05) is 0 Å². The number of hydrogen-bond acceptors (Lipinski definition) is 3. The molecule has 0 radical (unpaired) electrons. The molecule has 0 aliphatic heterocycles. The van der Waals surface area contributed by atoms with Crippen molar-refractivity contribution in [1.29, 1.82) is 0 Å². The maximum Gasteiger partial charge on any atom is 0.433 e. The number of aromatic nitrogens is 4. The second kappa shape index (κ2) is 7.66. The largest absolute Gasteiger partial charge is 0.433 e. The van der Waals surface area contributed by atoms with Crippen molar-refractivity contribution in [2.45, 2.75) is 20.0 Å². The molecule has 5 rings (SSSR count). The molecule has 0 atom stereocenters. The van der Waals surface area contributed by atoms with Gasteiger partial charge in [0.2, 0.25) is 5.43 Å². The number of aryl methyl sites for hydroxylation is 2. The first-order valence-electron chi connectivity index (χ1n) is 10.1. The first-order chi connectivity index (χ1) is 16.0. The second-order valence-corrected chi connectivity index (χ2v) is 8.41. The molecule has 0 fully saturated rings. The Bertz CT molecular complexity index is 1670. The smallest absolute Gasteiger partial charge is 0.353 e. The van der Waals surface area contributed by atoms with Gasteiger partial charge in [-0.05, 0) is 67.4 Å². The zero-order valence-electron chi connectivity index (χ0n) is 17.8. The van der Waals surface area contributed by atoms with Crippen LogP contribution in [-0.2, 0) is 6.18 Å². The van der Waals surface area contributed by atoms with Crippen LogP contribution in [0.2, 0.25) is 5.02 Å². The van der Waals surface area contributed by atoms with Crippen LogP contribution in [0, 0.1) is 19.7 Å². The third kappa shape index (κ3) is 3.62. The summed E-state index contributed by atoms with van der Waals surface area (Å²) in [5, 5.41) is 5.27. The van der Waals surface area contributed by atoms with Crippen LogP contribution in [0.4, 0.5) is 17.6 Å². The topological polar surface area (TPSA) is 63.6 Å². The Balaban J connectivity index is 1.82. The fourth-order valence-electron chi connectivity index (χ4n) is 3.81. The molecule has 0 aliphatic carbocycles. The van der Waals surface area contributed by atoms with Crippen LogP contribution in [-0.4, -0.2) is 19.7 Å². The van der Waals surface area contributed by atoms with Gasteiger partial charge in [-0.15, -0.1) is 0 Å². The van der Waals surface area contributed by atoms with E-state index in [-0.39, 0.29) is 33.0 Å². The average molecular weight is 487 g/mol. The van der Waals surface area contributed by atoms with Gasteiger partial charge in [0.15, 0.2) is 5.69 Å². The number of H-pyrrole nitrogens is 1. The number of aromatic amines is 1. The van der Waals surface area contributed by atoms with Crippen LogP contribution in [0.5, 0.6) is 0 Å². The zero-order chi connectivity index (χ0) is 24.4. The number of nitrogens with one attached hydrogen (secondary N) is 1. The molecule has 5 nitrogen and oxygen atoms in total. The fraction of sp³-hybridized carbons (Fsp3) is 0.125. The van der Waals surface area contributed by atoms with Gasteiger partial charge in [-0.25, -0.2) is 9.07 Å². The van der Waals surface area contributed by atoms with E-state index in [0.29, 0.717) is 10.9 Å². The van der Waals surface area contributed by atoms with Gasteiger partial charge in [0.05, 0.1) is 16.6 Å². The Morgan fingerprint density at radius 1 is 1.03 bits per heavy atom. The van der Waals surface area contributed by atoms with Crippen molar-refractivity contribution >= 4 is 33.4 Å². The highest BCUT2D eigenvalue weighted by molar-refractivity contribution is 6.30. The SMILES string of the molecule is Cc1cc2c(=O)c(-c3cc4cnc(C(F)(F)F)cc4[nH]3)nn(-c3ccc(Cl)cc3F)c2cc1C. The van der Waals surface area contributed by atoms with Crippen LogP contribution in [0.15, 0.2) is 53.5 Å². The maximum absolute atomic E-state index is 14.9. The van der Waals surface area contributed by atoms with E-state index in [1.807, 2.05) is 13.8 Å². The number of benzene rings is 2. The van der Waals surface area contributed by atoms with Crippen molar-refractivity contribution in [3.05, 3.63) is 86.5 Å². The fourth-order valence-corrected chi connectivity index (χ4v) is 3.97. The minimum atomic E-state index is -4.62. The minimum absolute atomic E-state index is 0.0658. The maximum atomic E-state index is 14.9. The van der Waals surface area contributed by atoms with Gasteiger partial charge >= 0.3 is 6.18 Å². The first-order valence-corrected chi connectivity index (χ1v) is 10.5. The molecule has 0 unspecified atom stereocenters. The van der Waals surface area contributed by atoms with Gasteiger partial charge in [0, 0.05) is 22.1 Å². The van der Waals surface area contributed by atoms with E-state index < -0.39 is 23.1 Å². The number of alkyl halides is 3. The number of halogens is 5. The highest BCUT2D eigenvalue weighted by Gasteiger charge is 2.32. The molecule has 10 heteroatoms. The van der Waals surface area contributed by atoms with Crippen LogP contribution in [0.1, 0.15) is 16.8 Å². The summed E-state index contributed by atoms with van der Waals surface area (Å²) in [6.45, 7) is 3.70. The first kappa shape index (κ1) is 22.1. The van der Waals surface area contributed by atoms with E-state index in [4.69, 9.17) is 11.6 Å². The summed E-state index contributed by atoms with van der Waals surface area (Å²) in [4.78, 5) is 19.7. The molecule has 0 bridgehead atoms. The van der Waals surface area contributed by atoms with Crippen molar-refractivity contribution in [1.82, 2.24) is 19.7 Å². The standard InChI is InChI=1S/C24H15ClF4N4O/c1-11-5-15-20(6-12(11)2)33(19-4-3-14(25)8-16(19)26)32-22(23(15)34)18-7-13-10-30-21(24(27,28)29)9-17(13)31-18/h3-10,31H,1-2H3. The van der Waals surface area contributed by atoms with Gasteiger partial charge < -0.3 is 4.98 Å². The van der Waals surface area contributed by atoms with Crippen molar-refractivity contribution in [3.63, 3.8) is 0 Å². The lowest BCUT2D eigenvalue weighted by atomic mass is 10.0. The molecule has 3 heterocycles. The molecular weight excluding hydrogens is 472 g/mol. The predicted molar refractivity (Wildman–Crippen MR) is 122 cm³/mol. The third-order valence-electron chi connectivity index (χ3n) is 5.69. The van der Waals surface area contributed by atoms with Crippen molar-refractivity contribution in [2.24, 2.45) is 0 Å². The summed E-state index contributed by atoms with van der Waals surface area (Å²) < 4.78 is 55.4. The number of nitrogens with zero attached hydrogens (tertiary/aromatic N) is 3. The highest BCUT2D eigenvalue weighted by atomic mass is 35.5. The summed E-state index contributed by atoms with van der Waals surface area (Å²) in [6.07, 6.45) is -3.54. The van der Waals surface area contributed by atoms with E-state index in [2.05, 4.69) is 15.1 Å². The Morgan fingerprint density at radius 3 is 2.47 bits per heavy atom. The van der Waals surface area contributed by atoms with E-state index in [1.165, 1.54) is 22.9 Å². The molecule has 3 aromatic heterocycles. The predicted octanol–water partition coefficient (Wildman–Crippen LogP) is 6.36. The molecule has 0 amide bonds. The quantitative estimate of drug-likeness (QED) is 0.295. The Kier molecular flexibility index (Phi) is 4.98. The van der Waals surface area contributed by atoms with Gasteiger partial charge in [0.1, 0.15) is 17.2 Å². The summed E-state index contributed by atoms with van der Waals surface area (Å²) >= 11 is 5.90. The lowest BCUT2D eigenvalue weighted by Crippen LogP contribution is -2.17. The molecule has 0 spiro atoms. The Morgan fingerprint density at radius 2 is 1.76 bits per heavy atom. The van der Waals surface area contributed by atoms with Gasteiger partial charge in [-0.3, -0.25) is 9.78 Å². The molecule has 34 heavy (non-hydrogen) atoms. The number of fused-ring (bicyclic) bond motifs is 2. The van der Waals surface area contributed by atoms with Crippen LogP contribution in [0.25, 0.3) is 38.9 Å². The van der Waals surface area contributed by atoms with Gasteiger partial charge in [-0.2, -0.15) is 18.3 Å². The Hall–Kier alpha value is -3.72. The minimum Gasteiger partial charge on any atom is -0.353 e. The Labute approximate surface area is 194 Å². The monoisotopic (exact) mass is 486 g/mol. The van der Waals surface area contributed by atoms with Crippen LogP contribution in [0.3, 0.4) is 0 Å². The van der Waals surface area contributed by atoms with Crippen molar-refractivity contribution in [3.8, 4) is 17.1 Å². The van der Waals surface area contributed by atoms with Gasteiger partial charge in [0.25, 0.3) is 0 Å². The molecule has 0 saturated carbocycles. The number of hydrogen-bond donors (Lipinski definition) is 1. The zero-order valence-corrected chi connectivity index (χ0v) is 18.5. The molecular formula is C24H15ClF4N4O. The van der Waals surface area contributed by atoms with E-state index in [0.717, 1.165) is 29.5 Å². The summed E-state index contributed by atoms with van der Waals surface area (Å²) in [5.74, 6) is -0.648. The summed E-state index contributed by atoms with van der Waals surface area (Å²) in [6, 6.07) is 9.86. The van der Waals surface area contributed by atoms with Crippen molar-refractivity contribution < 1.29 is 17.6 Å². The lowest BCUT2D eigenvalue weighted by molar-refractivity contribution is -0.141. The van der Waals surface area contributed by atoms with Crippen LogP contribution >= 0.6 is 11.6 Å².